The summed E-state index contributed by atoms with van der Waals surface area (Å²) in [5.74, 6) is 0. The highest BCUT2D eigenvalue weighted by Crippen LogP contribution is 2.23. The van der Waals surface area contributed by atoms with Crippen molar-refractivity contribution >= 4 is 48.6 Å². The van der Waals surface area contributed by atoms with Crippen molar-refractivity contribution < 1.29 is 8.42 Å². The van der Waals surface area contributed by atoms with Crippen LogP contribution in [-0.4, -0.2) is 15.5 Å². The number of rotatable bonds is 6. The Bertz CT molecular complexity index is 648. The SMILES string of the molecule is CNCc1ccc(S(=O)(=O)NCc2cc(Br)cs2)s1. The molecule has 0 aliphatic rings. The summed E-state index contributed by atoms with van der Waals surface area (Å²) in [5.41, 5.74) is 0. The van der Waals surface area contributed by atoms with Crippen LogP contribution in [0.25, 0.3) is 0 Å². The van der Waals surface area contributed by atoms with Crippen LogP contribution in [0.1, 0.15) is 9.75 Å². The Morgan fingerprint density at radius 1 is 1.26 bits per heavy atom. The van der Waals surface area contributed by atoms with E-state index >= 15 is 0 Å². The van der Waals surface area contributed by atoms with Crippen molar-refractivity contribution in [2.45, 2.75) is 17.3 Å². The number of hydrogen-bond donors (Lipinski definition) is 2. The minimum Gasteiger partial charge on any atom is -0.315 e. The quantitative estimate of drug-likeness (QED) is 0.809. The smallest absolute Gasteiger partial charge is 0.250 e. The molecule has 0 aromatic carbocycles. The molecule has 0 saturated heterocycles. The molecular formula is C11H13BrN2O2S3. The first kappa shape index (κ1) is 15.1. The van der Waals surface area contributed by atoms with Crippen LogP contribution in [0, 0.1) is 0 Å². The Morgan fingerprint density at radius 3 is 2.68 bits per heavy atom. The predicted molar refractivity (Wildman–Crippen MR) is 83.1 cm³/mol. The molecule has 4 nitrogen and oxygen atoms in total. The zero-order valence-corrected chi connectivity index (χ0v) is 14.2. The maximum Gasteiger partial charge on any atom is 0.250 e. The highest BCUT2D eigenvalue weighted by Gasteiger charge is 2.16. The zero-order chi connectivity index (χ0) is 13.9. The third-order valence-electron chi connectivity index (χ3n) is 2.31. The third-order valence-corrected chi connectivity index (χ3v) is 6.99. The van der Waals surface area contributed by atoms with E-state index in [1.807, 2.05) is 24.6 Å². The van der Waals surface area contributed by atoms with E-state index in [0.717, 1.165) is 14.2 Å². The summed E-state index contributed by atoms with van der Waals surface area (Å²) in [6.07, 6.45) is 0. The molecule has 2 aromatic heterocycles. The second kappa shape index (κ2) is 6.47. The third kappa shape index (κ3) is 4.11. The molecule has 0 aliphatic heterocycles. The largest absolute Gasteiger partial charge is 0.315 e. The Kier molecular flexibility index (Phi) is 5.15. The number of thiophene rings is 2. The topological polar surface area (TPSA) is 58.2 Å². The molecule has 0 spiro atoms. The molecule has 0 radical (unpaired) electrons. The molecule has 0 fully saturated rings. The molecule has 2 N–H and O–H groups in total. The summed E-state index contributed by atoms with van der Waals surface area (Å²) in [6.45, 7) is 0.996. The minimum absolute atomic E-state index is 0.317. The van der Waals surface area contributed by atoms with Gasteiger partial charge in [0.25, 0.3) is 0 Å². The van der Waals surface area contributed by atoms with E-state index in [1.165, 1.54) is 22.7 Å². The molecule has 2 rings (SSSR count). The van der Waals surface area contributed by atoms with Crippen molar-refractivity contribution in [3.8, 4) is 0 Å². The fraction of sp³-hybridized carbons (Fsp3) is 0.273. The van der Waals surface area contributed by atoms with Crippen molar-refractivity contribution in [1.82, 2.24) is 10.0 Å². The van der Waals surface area contributed by atoms with Crippen molar-refractivity contribution in [1.29, 1.82) is 0 Å². The lowest BCUT2D eigenvalue weighted by Gasteiger charge is -2.02. The van der Waals surface area contributed by atoms with Crippen molar-refractivity contribution in [3.05, 3.63) is 37.8 Å². The lowest BCUT2D eigenvalue weighted by Crippen LogP contribution is -2.21. The standard InChI is InChI=1S/C11H13BrN2O2S3/c1-13-5-9-2-3-11(18-9)19(15,16)14-6-10-4-8(12)7-17-10/h2-4,7,13-14H,5-6H2,1H3. The van der Waals surface area contributed by atoms with Crippen LogP contribution >= 0.6 is 38.6 Å². The normalized spacial score (nSPS) is 11.9. The van der Waals surface area contributed by atoms with Gasteiger partial charge in [0.1, 0.15) is 4.21 Å². The van der Waals surface area contributed by atoms with Gasteiger partial charge in [0.2, 0.25) is 10.0 Å². The Hall–Kier alpha value is -0.250. The van der Waals surface area contributed by atoms with Crippen LogP contribution in [0.15, 0.2) is 32.3 Å². The van der Waals surface area contributed by atoms with Crippen LogP contribution in [0.2, 0.25) is 0 Å². The molecule has 19 heavy (non-hydrogen) atoms. The monoisotopic (exact) mass is 380 g/mol. The molecule has 0 unspecified atom stereocenters. The van der Waals surface area contributed by atoms with E-state index in [0.29, 0.717) is 17.3 Å². The van der Waals surface area contributed by atoms with Crippen LogP contribution in [0.4, 0.5) is 0 Å². The summed E-state index contributed by atoms with van der Waals surface area (Å²) >= 11 is 6.15. The van der Waals surface area contributed by atoms with Gasteiger partial charge in [-0.15, -0.1) is 22.7 Å². The second-order valence-corrected chi connectivity index (χ2v) is 8.88. The molecule has 104 valence electrons. The summed E-state index contributed by atoms with van der Waals surface area (Å²) in [6, 6.07) is 5.38. The number of sulfonamides is 1. The van der Waals surface area contributed by atoms with Gasteiger partial charge in [0.15, 0.2) is 0 Å². The van der Waals surface area contributed by atoms with Crippen molar-refractivity contribution in [2.24, 2.45) is 0 Å². The maximum absolute atomic E-state index is 12.1. The fourth-order valence-electron chi connectivity index (χ4n) is 1.46. The van der Waals surface area contributed by atoms with Crippen LogP contribution in [-0.2, 0) is 23.1 Å². The molecule has 0 aliphatic carbocycles. The van der Waals surface area contributed by atoms with E-state index in [-0.39, 0.29) is 0 Å². The van der Waals surface area contributed by atoms with E-state index in [9.17, 15) is 8.42 Å². The van der Waals surface area contributed by atoms with Gasteiger partial charge in [-0.3, -0.25) is 0 Å². The maximum atomic E-state index is 12.1. The molecule has 2 aromatic rings. The van der Waals surface area contributed by atoms with Gasteiger partial charge < -0.3 is 5.32 Å². The van der Waals surface area contributed by atoms with Gasteiger partial charge in [0.05, 0.1) is 0 Å². The highest BCUT2D eigenvalue weighted by atomic mass is 79.9. The second-order valence-electron chi connectivity index (χ2n) is 3.81. The van der Waals surface area contributed by atoms with Gasteiger partial charge in [-0.25, -0.2) is 13.1 Å². The van der Waals surface area contributed by atoms with Crippen LogP contribution in [0.3, 0.4) is 0 Å². The summed E-state index contributed by atoms with van der Waals surface area (Å²) < 4.78 is 28.1. The van der Waals surface area contributed by atoms with E-state index < -0.39 is 10.0 Å². The summed E-state index contributed by atoms with van der Waals surface area (Å²) in [4.78, 5) is 1.98. The Labute approximate surface area is 129 Å². The first-order valence-electron chi connectivity index (χ1n) is 5.47. The molecule has 0 bridgehead atoms. The van der Waals surface area contributed by atoms with E-state index in [2.05, 4.69) is 26.0 Å². The van der Waals surface area contributed by atoms with Gasteiger partial charge in [-0.2, -0.15) is 0 Å². The fourth-order valence-corrected chi connectivity index (χ4v) is 5.36. The molecular weight excluding hydrogens is 368 g/mol. The Balaban J connectivity index is 2.04. The van der Waals surface area contributed by atoms with Gasteiger partial charge >= 0.3 is 0 Å². The van der Waals surface area contributed by atoms with Crippen LogP contribution in [0.5, 0.6) is 0 Å². The predicted octanol–water partition coefficient (Wildman–Crippen LogP) is 2.77. The zero-order valence-electron chi connectivity index (χ0n) is 10.1. The first-order chi connectivity index (χ1) is 9.01. The number of nitrogens with one attached hydrogen (secondary N) is 2. The Morgan fingerprint density at radius 2 is 2.05 bits per heavy atom. The van der Waals surface area contributed by atoms with Gasteiger partial charge in [-0.05, 0) is 41.2 Å². The molecule has 2 heterocycles. The van der Waals surface area contributed by atoms with Crippen molar-refractivity contribution in [2.75, 3.05) is 7.05 Å². The minimum atomic E-state index is -3.41. The van der Waals surface area contributed by atoms with Gasteiger partial charge in [0, 0.05) is 32.7 Å². The molecule has 0 saturated carbocycles. The average molecular weight is 381 g/mol. The van der Waals surface area contributed by atoms with Crippen molar-refractivity contribution in [3.63, 3.8) is 0 Å². The lowest BCUT2D eigenvalue weighted by atomic mass is 10.5. The highest BCUT2D eigenvalue weighted by molar-refractivity contribution is 9.10. The molecule has 0 atom stereocenters. The summed E-state index contributed by atoms with van der Waals surface area (Å²) in [7, 11) is -1.58. The van der Waals surface area contributed by atoms with E-state index in [4.69, 9.17) is 0 Å². The number of halogens is 1. The van der Waals surface area contributed by atoms with E-state index in [1.54, 1.807) is 6.07 Å². The summed E-state index contributed by atoms with van der Waals surface area (Å²) in [5, 5.41) is 4.93. The molecule has 0 amide bonds. The lowest BCUT2D eigenvalue weighted by molar-refractivity contribution is 0.584. The number of hydrogen-bond acceptors (Lipinski definition) is 5. The van der Waals surface area contributed by atoms with Crippen LogP contribution < -0.4 is 10.0 Å². The van der Waals surface area contributed by atoms with Gasteiger partial charge in [-0.1, -0.05) is 0 Å². The average Bonchev–Trinajstić information content (AvgIpc) is 2.97. The first-order valence-corrected chi connectivity index (χ1v) is 9.44. The molecule has 8 heteroatoms.